The number of nitriles is 1. The number of hydrogen-bond donors (Lipinski definition) is 1. The minimum absolute atomic E-state index is 0.304. The van der Waals surface area contributed by atoms with E-state index in [1.54, 1.807) is 25.4 Å². The van der Waals surface area contributed by atoms with Gasteiger partial charge in [-0.05, 0) is 13.8 Å². The third kappa shape index (κ3) is 2.53. The second-order valence-corrected chi connectivity index (χ2v) is 3.92. The van der Waals surface area contributed by atoms with Crippen LogP contribution in [0.4, 0.5) is 0 Å². The van der Waals surface area contributed by atoms with Crippen LogP contribution in [0.25, 0.3) is 0 Å². The summed E-state index contributed by atoms with van der Waals surface area (Å²) in [5.74, 6) is -0.304. The Kier molecular flexibility index (Phi) is 2.63. The molecule has 1 N–H and O–H groups in total. The summed E-state index contributed by atoms with van der Waals surface area (Å²) in [6.45, 7) is 3.27. The van der Waals surface area contributed by atoms with Crippen molar-refractivity contribution >= 4 is 17.2 Å². The molecule has 0 aliphatic rings. The van der Waals surface area contributed by atoms with Crippen LogP contribution in [0.5, 0.6) is 0 Å². The Balaban J connectivity index is 2.68. The van der Waals surface area contributed by atoms with E-state index >= 15 is 0 Å². The largest absolute Gasteiger partial charge is 0.332 e. The van der Waals surface area contributed by atoms with Crippen molar-refractivity contribution in [1.82, 2.24) is 10.3 Å². The molecule has 0 radical (unpaired) electrons. The highest BCUT2D eigenvalue weighted by Crippen LogP contribution is 2.06. The van der Waals surface area contributed by atoms with Crippen molar-refractivity contribution in [3.63, 3.8) is 0 Å². The Labute approximate surface area is 80.2 Å². The zero-order chi connectivity index (χ0) is 9.90. The van der Waals surface area contributed by atoms with Crippen LogP contribution in [0.15, 0.2) is 11.6 Å². The third-order valence-corrected chi connectivity index (χ3v) is 2.10. The fraction of sp³-hybridized carbons (Fsp3) is 0.375. The number of thiazole rings is 1. The van der Waals surface area contributed by atoms with Gasteiger partial charge in [0.2, 0.25) is 0 Å². The molecule has 0 spiro atoms. The first-order valence-corrected chi connectivity index (χ1v) is 4.56. The van der Waals surface area contributed by atoms with E-state index in [0.717, 1.165) is 0 Å². The second kappa shape index (κ2) is 3.54. The zero-order valence-corrected chi connectivity index (χ0v) is 8.18. The Morgan fingerprint density at radius 2 is 2.46 bits per heavy atom. The molecule has 0 saturated carbocycles. The van der Waals surface area contributed by atoms with Crippen LogP contribution in [0.2, 0.25) is 0 Å². The molecule has 13 heavy (non-hydrogen) atoms. The molecule has 0 aliphatic heterocycles. The van der Waals surface area contributed by atoms with Gasteiger partial charge < -0.3 is 5.32 Å². The van der Waals surface area contributed by atoms with Crippen molar-refractivity contribution in [3.05, 3.63) is 16.6 Å². The number of carbonyl (C=O) groups is 1. The van der Waals surface area contributed by atoms with Crippen LogP contribution in [-0.4, -0.2) is 16.4 Å². The molecule has 5 heteroatoms. The maximum absolute atomic E-state index is 11.4. The standard InChI is InChI=1S/C8H9N3OS/c1-8(2,5-9)11-6(12)7-10-3-4-13-7/h3-4H,1-2H3,(H,11,12). The molecule has 1 aromatic heterocycles. The summed E-state index contributed by atoms with van der Waals surface area (Å²) in [6.07, 6.45) is 1.55. The molecule has 0 aliphatic carbocycles. The highest BCUT2D eigenvalue weighted by molar-refractivity contribution is 7.11. The first-order valence-electron chi connectivity index (χ1n) is 3.68. The van der Waals surface area contributed by atoms with Gasteiger partial charge in [-0.3, -0.25) is 4.79 Å². The highest BCUT2D eigenvalue weighted by atomic mass is 32.1. The fourth-order valence-corrected chi connectivity index (χ4v) is 1.23. The summed E-state index contributed by atoms with van der Waals surface area (Å²) in [5, 5.41) is 13.3. The summed E-state index contributed by atoms with van der Waals surface area (Å²) < 4.78 is 0. The van der Waals surface area contributed by atoms with Gasteiger partial charge in [0.1, 0.15) is 5.54 Å². The molecule has 0 fully saturated rings. The smallest absolute Gasteiger partial charge is 0.281 e. The van der Waals surface area contributed by atoms with E-state index in [9.17, 15) is 4.79 Å². The first kappa shape index (κ1) is 9.68. The van der Waals surface area contributed by atoms with Crippen LogP contribution >= 0.6 is 11.3 Å². The number of hydrogen-bond acceptors (Lipinski definition) is 4. The van der Waals surface area contributed by atoms with E-state index in [1.807, 2.05) is 6.07 Å². The highest BCUT2D eigenvalue weighted by Gasteiger charge is 2.21. The number of nitrogens with one attached hydrogen (secondary N) is 1. The van der Waals surface area contributed by atoms with Crippen molar-refractivity contribution in [2.45, 2.75) is 19.4 Å². The van der Waals surface area contributed by atoms with E-state index in [2.05, 4.69) is 10.3 Å². The van der Waals surface area contributed by atoms with E-state index in [-0.39, 0.29) is 5.91 Å². The first-order chi connectivity index (χ1) is 6.05. The van der Waals surface area contributed by atoms with Crippen molar-refractivity contribution in [2.24, 2.45) is 0 Å². The predicted molar refractivity (Wildman–Crippen MR) is 49.3 cm³/mol. The Morgan fingerprint density at radius 3 is 2.92 bits per heavy atom. The number of rotatable bonds is 2. The van der Waals surface area contributed by atoms with Gasteiger partial charge in [0.15, 0.2) is 5.01 Å². The van der Waals surface area contributed by atoms with E-state index in [4.69, 9.17) is 5.26 Å². The Morgan fingerprint density at radius 1 is 1.77 bits per heavy atom. The maximum atomic E-state index is 11.4. The van der Waals surface area contributed by atoms with E-state index < -0.39 is 5.54 Å². The molecule has 0 aromatic carbocycles. The molecule has 4 nitrogen and oxygen atoms in total. The Hall–Kier alpha value is -1.41. The van der Waals surface area contributed by atoms with Crippen molar-refractivity contribution in [2.75, 3.05) is 0 Å². The van der Waals surface area contributed by atoms with Crippen LogP contribution in [0.3, 0.4) is 0 Å². The molecular weight excluding hydrogens is 186 g/mol. The van der Waals surface area contributed by atoms with Gasteiger partial charge in [-0.2, -0.15) is 5.26 Å². The number of nitrogens with zero attached hydrogens (tertiary/aromatic N) is 2. The zero-order valence-electron chi connectivity index (χ0n) is 7.37. The van der Waals surface area contributed by atoms with Crippen LogP contribution in [0.1, 0.15) is 23.6 Å². The van der Waals surface area contributed by atoms with Gasteiger partial charge in [-0.1, -0.05) is 0 Å². The van der Waals surface area contributed by atoms with Crippen LogP contribution in [0, 0.1) is 11.3 Å². The second-order valence-electron chi connectivity index (χ2n) is 3.03. The van der Waals surface area contributed by atoms with Gasteiger partial charge in [-0.25, -0.2) is 4.98 Å². The average Bonchev–Trinajstić information content (AvgIpc) is 2.55. The summed E-state index contributed by atoms with van der Waals surface area (Å²) >= 11 is 1.25. The van der Waals surface area contributed by atoms with Gasteiger partial charge >= 0.3 is 0 Å². The molecule has 1 aromatic rings. The molecular formula is C8H9N3OS. The lowest BCUT2D eigenvalue weighted by atomic mass is 10.1. The third-order valence-electron chi connectivity index (χ3n) is 1.33. The quantitative estimate of drug-likeness (QED) is 0.770. The molecule has 0 unspecified atom stereocenters. The number of amides is 1. The molecule has 0 saturated heterocycles. The van der Waals surface area contributed by atoms with Crippen LogP contribution < -0.4 is 5.32 Å². The van der Waals surface area contributed by atoms with E-state index in [0.29, 0.717) is 5.01 Å². The lowest BCUT2D eigenvalue weighted by molar-refractivity contribution is 0.0929. The lowest BCUT2D eigenvalue weighted by Gasteiger charge is -2.15. The Bertz CT molecular complexity index is 337. The normalized spacial score (nSPS) is 10.5. The van der Waals surface area contributed by atoms with E-state index in [1.165, 1.54) is 11.3 Å². The number of aromatic nitrogens is 1. The van der Waals surface area contributed by atoms with Crippen molar-refractivity contribution in [1.29, 1.82) is 5.26 Å². The van der Waals surface area contributed by atoms with Crippen molar-refractivity contribution < 1.29 is 4.79 Å². The molecule has 1 amide bonds. The minimum Gasteiger partial charge on any atom is -0.332 e. The topological polar surface area (TPSA) is 65.8 Å². The van der Waals surface area contributed by atoms with Crippen LogP contribution in [-0.2, 0) is 0 Å². The SMILES string of the molecule is CC(C)(C#N)NC(=O)c1nccs1. The molecule has 0 atom stereocenters. The lowest BCUT2D eigenvalue weighted by Crippen LogP contribution is -2.42. The molecule has 0 bridgehead atoms. The van der Waals surface area contributed by atoms with Gasteiger partial charge in [0.05, 0.1) is 6.07 Å². The molecule has 1 rings (SSSR count). The average molecular weight is 195 g/mol. The fourth-order valence-electron chi connectivity index (χ4n) is 0.701. The van der Waals surface area contributed by atoms with Gasteiger partial charge in [-0.15, -0.1) is 11.3 Å². The van der Waals surface area contributed by atoms with Crippen molar-refractivity contribution in [3.8, 4) is 6.07 Å². The minimum atomic E-state index is -0.844. The number of carbonyl (C=O) groups excluding carboxylic acids is 1. The maximum Gasteiger partial charge on any atom is 0.281 e. The summed E-state index contributed by atoms with van der Waals surface area (Å²) in [5.41, 5.74) is -0.844. The summed E-state index contributed by atoms with van der Waals surface area (Å²) in [4.78, 5) is 15.2. The molecule has 68 valence electrons. The summed E-state index contributed by atoms with van der Waals surface area (Å²) in [6, 6.07) is 1.98. The van der Waals surface area contributed by atoms with Gasteiger partial charge in [0, 0.05) is 11.6 Å². The molecule has 1 heterocycles. The predicted octanol–water partition coefficient (Wildman–Crippen LogP) is 1.18. The summed E-state index contributed by atoms with van der Waals surface area (Å²) in [7, 11) is 0. The van der Waals surface area contributed by atoms with Gasteiger partial charge in [0.25, 0.3) is 5.91 Å². The monoisotopic (exact) mass is 195 g/mol.